The quantitative estimate of drug-likeness (QED) is 0.259. The van der Waals surface area contributed by atoms with Crippen LogP contribution in [0.4, 0.5) is 5.82 Å². The van der Waals surface area contributed by atoms with Crippen molar-refractivity contribution in [1.29, 1.82) is 0 Å². The number of carbonyl (C=O) groups excluding carboxylic acids is 2. The van der Waals surface area contributed by atoms with Crippen molar-refractivity contribution in [1.82, 2.24) is 5.16 Å². The number of aliphatic hydroxyl groups excluding tert-OH is 1. The van der Waals surface area contributed by atoms with E-state index in [4.69, 9.17) is 9.26 Å². The van der Waals surface area contributed by atoms with Gasteiger partial charge < -0.3 is 14.4 Å². The van der Waals surface area contributed by atoms with E-state index in [2.05, 4.69) is 21.1 Å². The largest absolute Gasteiger partial charge is 0.507 e. The lowest BCUT2D eigenvalue weighted by molar-refractivity contribution is -0.132. The Morgan fingerprint density at radius 2 is 1.76 bits per heavy atom. The molecule has 1 atom stereocenters. The predicted octanol–water partition coefficient (Wildman–Crippen LogP) is 5.76. The first-order valence-corrected chi connectivity index (χ1v) is 11.7. The van der Waals surface area contributed by atoms with Gasteiger partial charge in [-0.05, 0) is 36.8 Å². The summed E-state index contributed by atoms with van der Waals surface area (Å²) in [5.74, 6) is -0.395. The molecule has 3 aromatic rings. The SMILES string of the molecule is CCOc1ccc([C@H]2/C(=C(\O)c3ccc(Br)cc3)C(=O)C(=O)N2c2cc(C(C)(C)C)on2)cc1. The number of hydrogen-bond donors (Lipinski definition) is 1. The van der Waals surface area contributed by atoms with Gasteiger partial charge in [-0.25, -0.2) is 0 Å². The van der Waals surface area contributed by atoms with E-state index in [9.17, 15) is 14.7 Å². The number of ketones is 1. The van der Waals surface area contributed by atoms with Gasteiger partial charge in [-0.1, -0.05) is 66.1 Å². The Morgan fingerprint density at radius 1 is 1.12 bits per heavy atom. The lowest BCUT2D eigenvalue weighted by Gasteiger charge is -2.23. The first-order valence-electron chi connectivity index (χ1n) is 10.9. The number of rotatable bonds is 5. The number of ether oxygens (including phenoxy) is 1. The third kappa shape index (κ3) is 4.37. The van der Waals surface area contributed by atoms with E-state index in [1.54, 1.807) is 54.6 Å². The average Bonchev–Trinajstić information content (AvgIpc) is 3.38. The summed E-state index contributed by atoms with van der Waals surface area (Å²) in [5.41, 5.74) is 0.691. The third-order valence-electron chi connectivity index (χ3n) is 5.55. The minimum absolute atomic E-state index is 0.0169. The van der Waals surface area contributed by atoms with Gasteiger partial charge in [0.2, 0.25) is 0 Å². The molecule has 4 rings (SSSR count). The molecule has 1 fully saturated rings. The van der Waals surface area contributed by atoms with Gasteiger partial charge in [-0.15, -0.1) is 0 Å². The monoisotopic (exact) mass is 524 g/mol. The molecule has 176 valence electrons. The summed E-state index contributed by atoms with van der Waals surface area (Å²) in [5, 5.41) is 15.3. The summed E-state index contributed by atoms with van der Waals surface area (Å²) in [6, 6.07) is 14.7. The Bertz CT molecular complexity index is 1250. The molecule has 1 saturated heterocycles. The van der Waals surface area contributed by atoms with E-state index in [1.165, 1.54) is 4.90 Å². The number of hydrogen-bond acceptors (Lipinski definition) is 6. The van der Waals surface area contributed by atoms with Crippen LogP contribution in [0.3, 0.4) is 0 Å². The summed E-state index contributed by atoms with van der Waals surface area (Å²) in [6.45, 7) is 8.28. The molecular formula is C26H25BrN2O5. The maximum absolute atomic E-state index is 13.2. The van der Waals surface area contributed by atoms with Crippen LogP contribution in [-0.2, 0) is 15.0 Å². The number of aliphatic hydroxyl groups is 1. The zero-order chi connectivity index (χ0) is 24.6. The van der Waals surface area contributed by atoms with Gasteiger partial charge in [-0.2, -0.15) is 0 Å². The summed E-state index contributed by atoms with van der Waals surface area (Å²) < 4.78 is 11.9. The molecule has 0 bridgehead atoms. The van der Waals surface area contributed by atoms with Crippen molar-refractivity contribution in [2.45, 2.75) is 39.2 Å². The van der Waals surface area contributed by atoms with Crippen molar-refractivity contribution < 1.29 is 24.0 Å². The fraction of sp³-hybridized carbons (Fsp3) is 0.269. The fourth-order valence-corrected chi connectivity index (χ4v) is 4.06. The second-order valence-corrected chi connectivity index (χ2v) is 9.89. The molecule has 34 heavy (non-hydrogen) atoms. The topological polar surface area (TPSA) is 92.9 Å². The van der Waals surface area contributed by atoms with Crippen LogP contribution in [-0.4, -0.2) is 28.6 Å². The molecule has 0 saturated carbocycles. The number of nitrogens with zero attached hydrogens (tertiary/aromatic N) is 2. The Labute approximate surface area is 206 Å². The highest BCUT2D eigenvalue weighted by atomic mass is 79.9. The fourth-order valence-electron chi connectivity index (χ4n) is 3.79. The zero-order valence-corrected chi connectivity index (χ0v) is 20.9. The Balaban J connectivity index is 1.89. The molecule has 1 aromatic heterocycles. The molecular weight excluding hydrogens is 500 g/mol. The summed E-state index contributed by atoms with van der Waals surface area (Å²) in [7, 11) is 0. The minimum Gasteiger partial charge on any atom is -0.507 e. The predicted molar refractivity (Wildman–Crippen MR) is 132 cm³/mol. The molecule has 1 amide bonds. The number of aromatic nitrogens is 1. The average molecular weight is 525 g/mol. The van der Waals surface area contributed by atoms with E-state index in [0.29, 0.717) is 29.2 Å². The van der Waals surface area contributed by atoms with E-state index >= 15 is 0 Å². The minimum atomic E-state index is -0.891. The van der Waals surface area contributed by atoms with Crippen molar-refractivity contribution in [3.8, 4) is 5.75 Å². The summed E-state index contributed by atoms with van der Waals surface area (Å²) in [6.07, 6.45) is 0. The van der Waals surface area contributed by atoms with Crippen LogP contribution in [0.5, 0.6) is 5.75 Å². The molecule has 0 aliphatic carbocycles. The van der Waals surface area contributed by atoms with Crippen LogP contribution in [0.1, 0.15) is 50.6 Å². The normalized spacial score (nSPS) is 17.9. The Morgan fingerprint density at radius 3 is 2.32 bits per heavy atom. The van der Waals surface area contributed by atoms with Crippen LogP contribution in [0.2, 0.25) is 0 Å². The number of benzene rings is 2. The van der Waals surface area contributed by atoms with Crippen molar-refractivity contribution in [2.24, 2.45) is 0 Å². The second-order valence-electron chi connectivity index (χ2n) is 8.98. The van der Waals surface area contributed by atoms with Crippen molar-refractivity contribution in [3.05, 3.63) is 81.5 Å². The molecule has 2 aromatic carbocycles. The number of anilines is 1. The lowest BCUT2D eigenvalue weighted by Crippen LogP contribution is -2.29. The molecule has 0 spiro atoms. The number of Topliss-reactive ketones (excluding diaryl/α,β-unsaturated/α-hetero) is 1. The third-order valence-corrected chi connectivity index (χ3v) is 6.08. The molecule has 0 radical (unpaired) electrons. The van der Waals surface area contributed by atoms with Crippen LogP contribution in [0.15, 0.2) is 69.2 Å². The second kappa shape index (κ2) is 9.10. The first kappa shape index (κ1) is 23.8. The lowest BCUT2D eigenvalue weighted by atomic mass is 9.93. The van der Waals surface area contributed by atoms with Crippen LogP contribution in [0.25, 0.3) is 5.76 Å². The molecule has 1 aliphatic heterocycles. The molecule has 7 nitrogen and oxygen atoms in total. The molecule has 1 aliphatic rings. The highest BCUT2D eigenvalue weighted by Gasteiger charge is 2.48. The van der Waals surface area contributed by atoms with Crippen molar-refractivity contribution in [3.63, 3.8) is 0 Å². The van der Waals surface area contributed by atoms with E-state index < -0.39 is 17.7 Å². The van der Waals surface area contributed by atoms with Gasteiger partial charge in [0, 0.05) is 21.5 Å². The van der Waals surface area contributed by atoms with E-state index in [1.807, 2.05) is 27.7 Å². The first-order chi connectivity index (χ1) is 16.1. The molecule has 1 N–H and O–H groups in total. The summed E-state index contributed by atoms with van der Waals surface area (Å²) >= 11 is 3.37. The van der Waals surface area contributed by atoms with Gasteiger partial charge in [0.15, 0.2) is 5.82 Å². The van der Waals surface area contributed by atoms with Crippen molar-refractivity contribution in [2.75, 3.05) is 11.5 Å². The van der Waals surface area contributed by atoms with Crippen LogP contribution >= 0.6 is 15.9 Å². The Kier molecular flexibility index (Phi) is 6.36. The van der Waals surface area contributed by atoms with Gasteiger partial charge in [0.25, 0.3) is 5.78 Å². The summed E-state index contributed by atoms with van der Waals surface area (Å²) in [4.78, 5) is 27.7. The maximum atomic E-state index is 13.2. The molecule has 0 unspecified atom stereocenters. The van der Waals surface area contributed by atoms with Gasteiger partial charge in [0.1, 0.15) is 17.3 Å². The van der Waals surface area contributed by atoms with Crippen LogP contribution in [0, 0.1) is 0 Å². The maximum Gasteiger partial charge on any atom is 0.301 e. The van der Waals surface area contributed by atoms with Crippen LogP contribution < -0.4 is 9.64 Å². The Hall–Kier alpha value is -3.39. The molecule has 2 heterocycles. The highest BCUT2D eigenvalue weighted by molar-refractivity contribution is 9.10. The van der Waals surface area contributed by atoms with Gasteiger partial charge in [-0.3, -0.25) is 14.5 Å². The number of amides is 1. The smallest absolute Gasteiger partial charge is 0.301 e. The highest BCUT2D eigenvalue weighted by Crippen LogP contribution is 2.43. The standard InChI is InChI=1S/C26H25BrN2O5/c1-5-33-18-12-8-15(9-13-18)22-21(23(30)16-6-10-17(27)11-7-16)24(31)25(32)29(22)20-14-19(34-28-20)26(2,3)4/h6-14,22,30H,5H2,1-4H3/b23-21+/t22-/m0/s1. The number of halogens is 1. The number of carbonyl (C=O) groups is 2. The van der Waals surface area contributed by atoms with E-state index in [0.717, 1.165) is 4.47 Å². The van der Waals surface area contributed by atoms with E-state index in [-0.39, 0.29) is 22.6 Å². The van der Waals surface area contributed by atoms with Gasteiger partial charge >= 0.3 is 5.91 Å². The van der Waals surface area contributed by atoms with Gasteiger partial charge in [0.05, 0.1) is 18.2 Å². The molecule has 8 heteroatoms. The van der Waals surface area contributed by atoms with Crippen molar-refractivity contribution >= 4 is 39.2 Å². The zero-order valence-electron chi connectivity index (χ0n) is 19.3.